The van der Waals surface area contributed by atoms with E-state index in [2.05, 4.69) is 6.58 Å². The molecule has 0 fully saturated rings. The van der Waals surface area contributed by atoms with Gasteiger partial charge in [0.2, 0.25) is 0 Å². The van der Waals surface area contributed by atoms with Crippen LogP contribution in [0.5, 0.6) is 5.75 Å². The van der Waals surface area contributed by atoms with Crippen molar-refractivity contribution in [3.8, 4) is 5.75 Å². The van der Waals surface area contributed by atoms with Crippen molar-refractivity contribution in [3.05, 3.63) is 41.5 Å². The summed E-state index contributed by atoms with van der Waals surface area (Å²) in [6.07, 6.45) is 1.72. The van der Waals surface area contributed by atoms with Crippen molar-refractivity contribution in [1.82, 2.24) is 0 Å². The number of hydrogen-bond acceptors (Lipinski definition) is 2. The zero-order chi connectivity index (χ0) is 10.6. The van der Waals surface area contributed by atoms with Crippen LogP contribution in [0.25, 0.3) is 0 Å². The van der Waals surface area contributed by atoms with E-state index in [1.165, 1.54) is 0 Å². The number of aryl methyl sites for hydroxylation is 2. The Hall–Kier alpha value is -1.28. The maximum atomic E-state index is 9.00. The predicted molar refractivity (Wildman–Crippen MR) is 57.5 cm³/mol. The van der Waals surface area contributed by atoms with E-state index in [1.807, 2.05) is 26.0 Å². The fraction of sp³-hybridized carbons (Fsp3) is 0.333. The summed E-state index contributed by atoms with van der Waals surface area (Å²) >= 11 is 0. The molecule has 1 aromatic carbocycles. The summed E-state index contributed by atoms with van der Waals surface area (Å²) in [5.41, 5.74) is 3.03. The summed E-state index contributed by atoms with van der Waals surface area (Å²) in [6.45, 7) is 8.14. The lowest BCUT2D eigenvalue weighted by Gasteiger charge is -2.11. The second-order valence-electron chi connectivity index (χ2n) is 3.32. The minimum atomic E-state index is 0.0728. The van der Waals surface area contributed by atoms with Gasteiger partial charge in [0.15, 0.2) is 0 Å². The third-order valence-electron chi connectivity index (χ3n) is 2.05. The minimum absolute atomic E-state index is 0.0728. The molecule has 0 aliphatic rings. The molecule has 2 heteroatoms. The van der Waals surface area contributed by atoms with E-state index in [0.29, 0.717) is 6.61 Å². The highest BCUT2D eigenvalue weighted by molar-refractivity contribution is 5.43. The molecule has 0 amide bonds. The van der Waals surface area contributed by atoms with E-state index >= 15 is 0 Å². The molecular weight excluding hydrogens is 176 g/mol. The van der Waals surface area contributed by atoms with Crippen LogP contribution in [0.4, 0.5) is 0 Å². The maximum absolute atomic E-state index is 9.00. The molecule has 2 nitrogen and oxygen atoms in total. The number of hydrogen-bond donors (Lipinski definition) is 1. The first kappa shape index (κ1) is 10.8. The highest BCUT2D eigenvalue weighted by Crippen LogP contribution is 2.24. The van der Waals surface area contributed by atoms with Crippen molar-refractivity contribution in [2.24, 2.45) is 0 Å². The molecule has 1 N–H and O–H groups in total. The third kappa shape index (κ3) is 2.36. The van der Waals surface area contributed by atoms with Crippen molar-refractivity contribution in [3.63, 3.8) is 0 Å². The Bertz CT molecular complexity index is 306. The van der Waals surface area contributed by atoms with Gasteiger partial charge in [0.25, 0.3) is 0 Å². The van der Waals surface area contributed by atoms with Crippen LogP contribution in [0, 0.1) is 13.8 Å². The summed E-state index contributed by atoms with van der Waals surface area (Å²) in [4.78, 5) is 0. The van der Waals surface area contributed by atoms with Crippen molar-refractivity contribution in [2.75, 3.05) is 6.61 Å². The number of aliphatic hydroxyl groups excluding tert-OH is 1. The molecule has 0 aliphatic carbocycles. The van der Waals surface area contributed by atoms with Crippen LogP contribution in [-0.2, 0) is 6.61 Å². The SMILES string of the molecule is C=CCOc1c(C)cc(CO)cc1C. The number of rotatable bonds is 4. The van der Waals surface area contributed by atoms with Crippen molar-refractivity contribution >= 4 is 0 Å². The molecule has 1 aromatic rings. The molecule has 0 heterocycles. The van der Waals surface area contributed by atoms with E-state index in [-0.39, 0.29) is 6.61 Å². The number of benzene rings is 1. The topological polar surface area (TPSA) is 29.5 Å². The number of aliphatic hydroxyl groups is 1. The molecule has 0 aromatic heterocycles. The van der Waals surface area contributed by atoms with Crippen LogP contribution in [0.1, 0.15) is 16.7 Å². The van der Waals surface area contributed by atoms with Gasteiger partial charge in [-0.2, -0.15) is 0 Å². The smallest absolute Gasteiger partial charge is 0.125 e. The quantitative estimate of drug-likeness (QED) is 0.742. The molecule has 0 atom stereocenters. The Kier molecular flexibility index (Phi) is 3.72. The Labute approximate surface area is 84.8 Å². The van der Waals surface area contributed by atoms with E-state index in [1.54, 1.807) is 6.08 Å². The molecule has 76 valence electrons. The van der Waals surface area contributed by atoms with E-state index < -0.39 is 0 Å². The Balaban J connectivity index is 2.98. The van der Waals surface area contributed by atoms with Gasteiger partial charge >= 0.3 is 0 Å². The molecule has 0 spiro atoms. The fourth-order valence-corrected chi connectivity index (χ4v) is 1.50. The lowest BCUT2D eigenvalue weighted by atomic mass is 10.1. The van der Waals surface area contributed by atoms with Crippen molar-refractivity contribution in [2.45, 2.75) is 20.5 Å². The largest absolute Gasteiger partial charge is 0.489 e. The first-order valence-corrected chi connectivity index (χ1v) is 4.63. The van der Waals surface area contributed by atoms with Crippen LogP contribution in [0.15, 0.2) is 24.8 Å². The van der Waals surface area contributed by atoms with Gasteiger partial charge in [0.05, 0.1) is 6.61 Å². The van der Waals surface area contributed by atoms with Gasteiger partial charge in [-0.15, -0.1) is 0 Å². The number of ether oxygens (including phenoxy) is 1. The summed E-state index contributed by atoms with van der Waals surface area (Å²) in [5, 5.41) is 9.00. The first-order valence-electron chi connectivity index (χ1n) is 4.63. The first-order chi connectivity index (χ1) is 6.69. The highest BCUT2D eigenvalue weighted by Gasteiger charge is 2.04. The molecule has 1 rings (SSSR count). The molecule has 14 heavy (non-hydrogen) atoms. The highest BCUT2D eigenvalue weighted by atomic mass is 16.5. The lowest BCUT2D eigenvalue weighted by Crippen LogP contribution is -1.99. The van der Waals surface area contributed by atoms with Gasteiger partial charge in [0, 0.05) is 0 Å². The summed E-state index contributed by atoms with van der Waals surface area (Å²) in [5.74, 6) is 0.891. The van der Waals surface area contributed by atoms with Gasteiger partial charge in [0.1, 0.15) is 12.4 Å². The second kappa shape index (κ2) is 4.82. The zero-order valence-corrected chi connectivity index (χ0v) is 8.71. The monoisotopic (exact) mass is 192 g/mol. The third-order valence-corrected chi connectivity index (χ3v) is 2.05. The van der Waals surface area contributed by atoms with Crippen LogP contribution in [-0.4, -0.2) is 11.7 Å². The Morgan fingerprint density at radius 3 is 2.36 bits per heavy atom. The maximum Gasteiger partial charge on any atom is 0.125 e. The average molecular weight is 192 g/mol. The molecule has 0 unspecified atom stereocenters. The summed E-state index contributed by atoms with van der Waals surface area (Å²) in [7, 11) is 0. The summed E-state index contributed by atoms with van der Waals surface area (Å²) in [6, 6.07) is 3.87. The molecular formula is C12H16O2. The van der Waals surface area contributed by atoms with Gasteiger partial charge in [-0.1, -0.05) is 24.8 Å². The van der Waals surface area contributed by atoms with Gasteiger partial charge in [-0.05, 0) is 30.5 Å². The van der Waals surface area contributed by atoms with Gasteiger partial charge in [-0.25, -0.2) is 0 Å². The van der Waals surface area contributed by atoms with E-state index in [0.717, 1.165) is 22.4 Å². The molecule has 0 bridgehead atoms. The fourth-order valence-electron chi connectivity index (χ4n) is 1.50. The standard InChI is InChI=1S/C12H16O2/c1-4-5-14-12-9(2)6-11(8-13)7-10(12)3/h4,6-7,13H,1,5,8H2,2-3H3. The average Bonchev–Trinajstić information content (AvgIpc) is 2.16. The van der Waals surface area contributed by atoms with Crippen molar-refractivity contribution < 1.29 is 9.84 Å². The van der Waals surface area contributed by atoms with Crippen LogP contribution in [0.2, 0.25) is 0 Å². The molecule has 0 saturated carbocycles. The minimum Gasteiger partial charge on any atom is -0.489 e. The Morgan fingerprint density at radius 1 is 1.36 bits per heavy atom. The zero-order valence-electron chi connectivity index (χ0n) is 8.71. The second-order valence-corrected chi connectivity index (χ2v) is 3.32. The molecule has 0 radical (unpaired) electrons. The molecule has 0 aliphatic heterocycles. The van der Waals surface area contributed by atoms with Crippen molar-refractivity contribution in [1.29, 1.82) is 0 Å². The lowest BCUT2D eigenvalue weighted by molar-refractivity contribution is 0.281. The Morgan fingerprint density at radius 2 is 1.93 bits per heavy atom. The van der Waals surface area contributed by atoms with E-state index in [9.17, 15) is 0 Å². The van der Waals surface area contributed by atoms with Crippen LogP contribution in [0.3, 0.4) is 0 Å². The van der Waals surface area contributed by atoms with Crippen LogP contribution >= 0.6 is 0 Å². The molecule has 0 saturated heterocycles. The van der Waals surface area contributed by atoms with E-state index in [4.69, 9.17) is 9.84 Å². The van der Waals surface area contributed by atoms with Gasteiger partial charge < -0.3 is 9.84 Å². The van der Waals surface area contributed by atoms with Crippen LogP contribution < -0.4 is 4.74 Å². The van der Waals surface area contributed by atoms with Gasteiger partial charge in [-0.3, -0.25) is 0 Å². The predicted octanol–water partition coefficient (Wildman–Crippen LogP) is 2.36. The normalized spacial score (nSPS) is 9.93. The summed E-state index contributed by atoms with van der Waals surface area (Å²) < 4.78 is 5.52.